The number of hydrogen-bond donors (Lipinski definition) is 1. The number of rotatable bonds is 8. The van der Waals surface area contributed by atoms with Crippen molar-refractivity contribution in [2.24, 2.45) is 5.92 Å². The number of nitrogens with zero attached hydrogens (tertiary/aromatic N) is 3. The van der Waals surface area contributed by atoms with Crippen molar-refractivity contribution in [2.75, 3.05) is 20.8 Å². The molecule has 1 saturated heterocycles. The van der Waals surface area contributed by atoms with E-state index < -0.39 is 13.0 Å². The van der Waals surface area contributed by atoms with Crippen molar-refractivity contribution < 1.29 is 27.8 Å². The van der Waals surface area contributed by atoms with E-state index in [0.29, 0.717) is 46.1 Å². The maximum Gasteiger partial charge on any atom is 0.256 e. The molecule has 3 aromatic rings. The number of amides is 1. The summed E-state index contributed by atoms with van der Waals surface area (Å²) in [6.07, 6.45) is -1.01. The van der Waals surface area contributed by atoms with E-state index in [2.05, 4.69) is 21.9 Å². The molecule has 0 spiro atoms. The van der Waals surface area contributed by atoms with Crippen molar-refractivity contribution in [3.63, 3.8) is 0 Å². The molecule has 32 heavy (non-hydrogen) atoms. The highest BCUT2D eigenvalue weighted by atomic mass is 19.3. The minimum absolute atomic E-state index is 0.0924. The van der Waals surface area contributed by atoms with E-state index in [1.165, 1.54) is 25.1 Å². The third-order valence-corrected chi connectivity index (χ3v) is 5.24. The lowest BCUT2D eigenvalue weighted by atomic mass is 10.1. The molecular weight excluding hydrogens is 422 g/mol. The molecule has 168 valence electrons. The molecular formula is C22H22F2N4O4. The SMILES string of the molecule is C=C(Oc1nc(-c2ccc(OC)c(OC)c2)cc2ncn(CC(F)F)c12)[C@H]1CNC(=O)C1. The molecule has 10 heteroatoms. The molecule has 0 aliphatic carbocycles. The molecule has 2 aromatic heterocycles. The summed E-state index contributed by atoms with van der Waals surface area (Å²) in [7, 11) is 3.07. The molecule has 0 saturated carbocycles. The maximum absolute atomic E-state index is 13.1. The van der Waals surface area contributed by atoms with Crippen LogP contribution in [0.3, 0.4) is 0 Å². The van der Waals surface area contributed by atoms with Gasteiger partial charge in [0, 0.05) is 24.4 Å². The predicted molar refractivity (Wildman–Crippen MR) is 113 cm³/mol. The average molecular weight is 444 g/mol. The number of fused-ring (bicyclic) bond motifs is 1. The van der Waals surface area contributed by atoms with Crippen LogP contribution < -0.4 is 19.5 Å². The van der Waals surface area contributed by atoms with Crippen LogP contribution in [0.1, 0.15) is 6.42 Å². The number of pyridine rings is 1. The molecule has 1 aromatic carbocycles. The van der Waals surface area contributed by atoms with Crippen molar-refractivity contribution in [1.29, 1.82) is 0 Å². The van der Waals surface area contributed by atoms with E-state index in [1.807, 2.05) is 0 Å². The molecule has 8 nitrogen and oxygen atoms in total. The zero-order valence-corrected chi connectivity index (χ0v) is 17.6. The monoisotopic (exact) mass is 444 g/mol. The summed E-state index contributed by atoms with van der Waals surface area (Å²) >= 11 is 0. The highest BCUT2D eigenvalue weighted by molar-refractivity contribution is 5.85. The van der Waals surface area contributed by atoms with Crippen molar-refractivity contribution in [1.82, 2.24) is 19.9 Å². The quantitative estimate of drug-likeness (QED) is 0.536. The highest BCUT2D eigenvalue weighted by Crippen LogP contribution is 2.35. The second-order valence-electron chi connectivity index (χ2n) is 7.31. The Morgan fingerprint density at radius 1 is 1.28 bits per heavy atom. The Morgan fingerprint density at radius 3 is 2.72 bits per heavy atom. The van der Waals surface area contributed by atoms with Gasteiger partial charge in [-0.1, -0.05) is 6.58 Å². The highest BCUT2D eigenvalue weighted by Gasteiger charge is 2.27. The maximum atomic E-state index is 13.1. The number of methoxy groups -OCH3 is 2. The Kier molecular flexibility index (Phi) is 5.93. The van der Waals surface area contributed by atoms with Crippen LogP contribution in [0.15, 0.2) is 42.9 Å². The first kappa shape index (κ1) is 21.5. The minimum Gasteiger partial charge on any atom is -0.493 e. The Bertz CT molecular complexity index is 1180. The van der Waals surface area contributed by atoms with E-state index in [1.54, 1.807) is 24.3 Å². The number of alkyl halides is 2. The number of carbonyl (C=O) groups is 1. The van der Waals surface area contributed by atoms with Crippen LogP contribution in [-0.4, -0.2) is 47.6 Å². The van der Waals surface area contributed by atoms with E-state index in [0.717, 1.165) is 0 Å². The van der Waals surface area contributed by atoms with Crippen molar-refractivity contribution in [3.8, 4) is 28.6 Å². The minimum atomic E-state index is -2.58. The van der Waals surface area contributed by atoms with Crippen LogP contribution in [0.2, 0.25) is 0 Å². The van der Waals surface area contributed by atoms with Gasteiger partial charge < -0.3 is 24.1 Å². The normalized spacial score (nSPS) is 15.8. The number of carbonyl (C=O) groups excluding carboxylic acids is 1. The molecule has 1 fully saturated rings. The number of ether oxygens (including phenoxy) is 3. The van der Waals surface area contributed by atoms with Gasteiger partial charge in [0.25, 0.3) is 6.43 Å². The number of imidazole rings is 1. The summed E-state index contributed by atoms with van der Waals surface area (Å²) in [6.45, 7) is 3.77. The van der Waals surface area contributed by atoms with E-state index >= 15 is 0 Å². The van der Waals surface area contributed by atoms with Crippen molar-refractivity contribution in [3.05, 3.63) is 42.9 Å². The molecule has 4 rings (SSSR count). The Labute approximate surface area is 182 Å². The summed E-state index contributed by atoms with van der Waals surface area (Å²) in [5.41, 5.74) is 1.96. The molecule has 1 aliphatic heterocycles. The third-order valence-electron chi connectivity index (χ3n) is 5.24. The van der Waals surface area contributed by atoms with Crippen LogP contribution >= 0.6 is 0 Å². The van der Waals surface area contributed by atoms with Gasteiger partial charge in [-0.15, -0.1) is 0 Å². The lowest BCUT2D eigenvalue weighted by Crippen LogP contribution is -2.16. The molecule has 1 atom stereocenters. The lowest BCUT2D eigenvalue weighted by molar-refractivity contribution is -0.119. The first-order valence-corrected chi connectivity index (χ1v) is 9.89. The molecule has 1 aliphatic rings. The molecule has 3 heterocycles. The van der Waals surface area contributed by atoms with Gasteiger partial charge in [0.05, 0.1) is 38.3 Å². The smallest absolute Gasteiger partial charge is 0.256 e. The van der Waals surface area contributed by atoms with Crippen LogP contribution in [0.5, 0.6) is 17.4 Å². The molecule has 0 radical (unpaired) electrons. The molecule has 0 unspecified atom stereocenters. The zero-order chi connectivity index (χ0) is 22.8. The standard InChI is InChI=1S/C22H22F2N4O4/c1-12(14-7-20(29)25-9-14)32-22-21-16(26-11-28(21)10-19(23)24)8-15(27-22)13-4-5-17(30-2)18(6-13)31-3/h4-6,8,11,14,19H,1,7,9-10H2,2-3H3,(H,25,29)/t14-/m1/s1. The van der Waals surface area contributed by atoms with Crippen LogP contribution in [0.4, 0.5) is 8.78 Å². The van der Waals surface area contributed by atoms with Crippen LogP contribution in [0.25, 0.3) is 22.3 Å². The van der Waals surface area contributed by atoms with Crippen LogP contribution in [-0.2, 0) is 11.3 Å². The number of nitrogens with one attached hydrogen (secondary N) is 1. The first-order chi connectivity index (χ1) is 15.4. The Hall–Kier alpha value is -3.69. The van der Waals surface area contributed by atoms with Gasteiger partial charge in [-0.2, -0.15) is 0 Å². The van der Waals surface area contributed by atoms with E-state index in [-0.39, 0.29) is 24.1 Å². The van der Waals surface area contributed by atoms with Gasteiger partial charge in [-0.3, -0.25) is 4.79 Å². The van der Waals surface area contributed by atoms with E-state index in [9.17, 15) is 13.6 Å². The fourth-order valence-electron chi connectivity index (χ4n) is 3.60. The fraction of sp³-hybridized carbons (Fsp3) is 0.318. The largest absolute Gasteiger partial charge is 0.493 e. The number of hydrogen-bond acceptors (Lipinski definition) is 6. The Balaban J connectivity index is 1.79. The summed E-state index contributed by atoms with van der Waals surface area (Å²) in [5, 5.41) is 2.72. The summed E-state index contributed by atoms with van der Waals surface area (Å²) in [6, 6.07) is 6.98. The molecule has 1 N–H and O–H groups in total. The van der Waals surface area contributed by atoms with Gasteiger partial charge in [-0.05, 0) is 24.3 Å². The number of halogens is 2. The van der Waals surface area contributed by atoms with Crippen LogP contribution in [0, 0.1) is 5.92 Å². The van der Waals surface area contributed by atoms with Gasteiger partial charge in [0.1, 0.15) is 11.3 Å². The second kappa shape index (κ2) is 8.81. The topological polar surface area (TPSA) is 87.5 Å². The Morgan fingerprint density at radius 2 is 2.06 bits per heavy atom. The average Bonchev–Trinajstić information content (AvgIpc) is 3.39. The zero-order valence-electron chi connectivity index (χ0n) is 17.6. The first-order valence-electron chi connectivity index (χ1n) is 9.89. The summed E-state index contributed by atoms with van der Waals surface area (Å²) in [4.78, 5) is 20.4. The van der Waals surface area contributed by atoms with Gasteiger partial charge >= 0.3 is 0 Å². The fourth-order valence-corrected chi connectivity index (χ4v) is 3.60. The third kappa shape index (κ3) is 4.20. The van der Waals surface area contributed by atoms with Gasteiger partial charge in [0.2, 0.25) is 11.8 Å². The molecule has 0 bridgehead atoms. The number of aromatic nitrogens is 3. The van der Waals surface area contributed by atoms with Gasteiger partial charge in [-0.25, -0.2) is 18.7 Å². The van der Waals surface area contributed by atoms with Crippen molar-refractivity contribution >= 4 is 16.9 Å². The van der Waals surface area contributed by atoms with Crippen molar-refractivity contribution in [2.45, 2.75) is 19.4 Å². The summed E-state index contributed by atoms with van der Waals surface area (Å²) < 4.78 is 44.1. The second-order valence-corrected chi connectivity index (χ2v) is 7.31. The van der Waals surface area contributed by atoms with E-state index in [4.69, 9.17) is 14.2 Å². The lowest BCUT2D eigenvalue weighted by Gasteiger charge is -2.16. The predicted octanol–water partition coefficient (Wildman–Crippen LogP) is 3.41. The molecule has 1 amide bonds. The summed E-state index contributed by atoms with van der Waals surface area (Å²) in [5.74, 6) is 1.15. The van der Waals surface area contributed by atoms with Gasteiger partial charge in [0.15, 0.2) is 11.5 Å². The number of benzene rings is 1.